The largest absolute Gasteiger partial charge is 0.325 e. The van der Waals surface area contributed by atoms with Crippen molar-refractivity contribution in [2.24, 2.45) is 0 Å². The number of urea groups is 1. The van der Waals surface area contributed by atoms with E-state index in [-0.39, 0.29) is 6.03 Å². The Kier molecular flexibility index (Phi) is 3.61. The Bertz CT molecular complexity index is 540. The van der Waals surface area contributed by atoms with Gasteiger partial charge >= 0.3 is 6.03 Å². The van der Waals surface area contributed by atoms with E-state index in [0.29, 0.717) is 10.8 Å². The molecule has 96 valence electrons. The molecule has 0 saturated carbocycles. The molecule has 7 heteroatoms. The number of carbonyl (C=O) groups excluding carboxylic acids is 1. The fourth-order valence-corrected chi connectivity index (χ4v) is 2.29. The van der Waals surface area contributed by atoms with Crippen LogP contribution >= 0.6 is 11.3 Å². The number of carbonyl (C=O) groups is 1. The molecule has 0 unspecified atom stereocenters. The molecule has 2 rings (SSSR count). The van der Waals surface area contributed by atoms with Crippen LogP contribution < -0.4 is 10.6 Å². The highest BCUT2D eigenvalue weighted by molar-refractivity contribution is 7.13. The van der Waals surface area contributed by atoms with Crippen molar-refractivity contribution in [1.29, 1.82) is 0 Å². The number of H-pyrrole nitrogens is 1. The molecule has 0 atom stereocenters. The van der Waals surface area contributed by atoms with Crippen molar-refractivity contribution in [3.05, 3.63) is 22.5 Å². The molecule has 0 spiro atoms. The lowest BCUT2D eigenvalue weighted by Gasteiger charge is -2.04. The van der Waals surface area contributed by atoms with Gasteiger partial charge in [0.05, 0.1) is 22.8 Å². The van der Waals surface area contributed by atoms with Gasteiger partial charge in [-0.3, -0.25) is 10.4 Å². The minimum atomic E-state index is -0.306. The van der Waals surface area contributed by atoms with Gasteiger partial charge < -0.3 is 5.32 Å². The van der Waals surface area contributed by atoms with Gasteiger partial charge in [0.1, 0.15) is 0 Å². The van der Waals surface area contributed by atoms with Gasteiger partial charge in [0, 0.05) is 5.38 Å². The fraction of sp³-hybridized carbons (Fsp3) is 0.364. The Morgan fingerprint density at radius 2 is 2.22 bits per heavy atom. The lowest BCUT2D eigenvalue weighted by atomic mass is 10.3. The van der Waals surface area contributed by atoms with E-state index in [9.17, 15) is 4.79 Å². The molecule has 0 fully saturated rings. The summed E-state index contributed by atoms with van der Waals surface area (Å²) >= 11 is 1.42. The maximum Gasteiger partial charge on any atom is 0.325 e. The van der Waals surface area contributed by atoms with Gasteiger partial charge in [-0.2, -0.15) is 5.10 Å². The van der Waals surface area contributed by atoms with Crippen LogP contribution in [0.4, 0.5) is 15.6 Å². The van der Waals surface area contributed by atoms with E-state index >= 15 is 0 Å². The molecule has 2 heterocycles. The van der Waals surface area contributed by atoms with Crippen LogP contribution in [0, 0.1) is 13.8 Å². The number of thiazole rings is 1. The zero-order valence-electron chi connectivity index (χ0n) is 10.5. The van der Waals surface area contributed by atoms with Crippen molar-refractivity contribution < 1.29 is 4.79 Å². The van der Waals surface area contributed by atoms with Crippen LogP contribution in [0.1, 0.15) is 24.0 Å². The minimum absolute atomic E-state index is 0.306. The highest BCUT2D eigenvalue weighted by Gasteiger charge is 2.11. The molecule has 3 N–H and O–H groups in total. The number of nitrogens with zero attached hydrogens (tertiary/aromatic N) is 2. The van der Waals surface area contributed by atoms with Gasteiger partial charge in [-0.05, 0) is 20.3 Å². The number of hydrogen-bond donors (Lipinski definition) is 3. The topological polar surface area (TPSA) is 82.7 Å². The Morgan fingerprint density at radius 3 is 2.78 bits per heavy atom. The predicted octanol–water partition coefficient (Wildman–Crippen LogP) is 2.69. The second-order valence-corrected chi connectivity index (χ2v) is 4.74. The molecule has 2 aromatic heterocycles. The van der Waals surface area contributed by atoms with Crippen LogP contribution in [0.2, 0.25) is 0 Å². The van der Waals surface area contributed by atoms with Gasteiger partial charge in [0.25, 0.3) is 0 Å². The second kappa shape index (κ2) is 5.18. The zero-order valence-corrected chi connectivity index (χ0v) is 11.3. The third kappa shape index (κ3) is 2.67. The average Bonchev–Trinajstić information content (AvgIpc) is 2.91. The number of aryl methyl sites for hydroxylation is 3. The minimum Gasteiger partial charge on any atom is -0.304 e. The van der Waals surface area contributed by atoms with E-state index in [4.69, 9.17) is 0 Å². The van der Waals surface area contributed by atoms with Crippen LogP contribution in [0.3, 0.4) is 0 Å². The van der Waals surface area contributed by atoms with Gasteiger partial charge in [0.2, 0.25) is 0 Å². The molecule has 0 radical (unpaired) electrons. The van der Waals surface area contributed by atoms with E-state index in [1.807, 2.05) is 26.2 Å². The van der Waals surface area contributed by atoms with Gasteiger partial charge in [-0.15, -0.1) is 11.3 Å². The summed E-state index contributed by atoms with van der Waals surface area (Å²) in [6.45, 7) is 5.71. The van der Waals surface area contributed by atoms with Crippen LogP contribution in [0.15, 0.2) is 5.38 Å². The smallest absolute Gasteiger partial charge is 0.304 e. The predicted molar refractivity (Wildman–Crippen MR) is 72.2 cm³/mol. The molecular formula is C11H15N5OS. The Morgan fingerprint density at radius 1 is 1.44 bits per heavy atom. The van der Waals surface area contributed by atoms with Crippen LogP contribution in [0.5, 0.6) is 0 Å². The maximum absolute atomic E-state index is 11.8. The first-order valence-corrected chi connectivity index (χ1v) is 6.52. The first-order chi connectivity index (χ1) is 8.60. The SMILES string of the molecule is CCc1csc(NC(=O)Nc2c(C)n[nH]c2C)n1. The maximum atomic E-state index is 11.8. The number of aromatic amines is 1. The van der Waals surface area contributed by atoms with E-state index in [0.717, 1.165) is 23.5 Å². The van der Waals surface area contributed by atoms with Gasteiger partial charge in [-0.1, -0.05) is 6.92 Å². The van der Waals surface area contributed by atoms with Crippen molar-refractivity contribution >= 4 is 28.2 Å². The summed E-state index contributed by atoms with van der Waals surface area (Å²) in [6, 6.07) is -0.306. The summed E-state index contributed by atoms with van der Waals surface area (Å²) in [5.74, 6) is 0. The third-order valence-electron chi connectivity index (χ3n) is 2.50. The molecule has 2 aromatic rings. The number of anilines is 2. The van der Waals surface area contributed by atoms with Crippen molar-refractivity contribution in [3.63, 3.8) is 0 Å². The van der Waals surface area contributed by atoms with Crippen molar-refractivity contribution in [2.75, 3.05) is 10.6 Å². The van der Waals surface area contributed by atoms with E-state index in [1.165, 1.54) is 11.3 Å². The van der Waals surface area contributed by atoms with Crippen LogP contribution in [-0.2, 0) is 6.42 Å². The normalized spacial score (nSPS) is 10.4. The molecular weight excluding hydrogens is 250 g/mol. The molecule has 0 aliphatic heterocycles. The van der Waals surface area contributed by atoms with E-state index in [2.05, 4.69) is 25.8 Å². The molecule has 6 nitrogen and oxygen atoms in total. The van der Waals surface area contributed by atoms with E-state index < -0.39 is 0 Å². The first kappa shape index (κ1) is 12.6. The lowest BCUT2D eigenvalue weighted by molar-refractivity contribution is 0.262. The number of amides is 2. The Balaban J connectivity index is 2.01. The lowest BCUT2D eigenvalue weighted by Crippen LogP contribution is -2.20. The summed E-state index contributed by atoms with van der Waals surface area (Å²) < 4.78 is 0. The molecule has 0 saturated heterocycles. The summed E-state index contributed by atoms with van der Waals surface area (Å²) in [4.78, 5) is 16.1. The van der Waals surface area contributed by atoms with Crippen molar-refractivity contribution in [3.8, 4) is 0 Å². The Labute approximate surface area is 109 Å². The second-order valence-electron chi connectivity index (χ2n) is 3.89. The Hall–Kier alpha value is -1.89. The van der Waals surface area contributed by atoms with Gasteiger partial charge in [-0.25, -0.2) is 9.78 Å². The number of nitrogens with one attached hydrogen (secondary N) is 3. The van der Waals surface area contributed by atoms with Crippen molar-refractivity contribution in [2.45, 2.75) is 27.2 Å². The van der Waals surface area contributed by atoms with Crippen LogP contribution in [-0.4, -0.2) is 21.2 Å². The number of aromatic nitrogens is 3. The fourth-order valence-electron chi connectivity index (χ4n) is 1.50. The summed E-state index contributed by atoms with van der Waals surface area (Å²) in [5, 5.41) is 14.8. The summed E-state index contributed by atoms with van der Waals surface area (Å²) in [5.41, 5.74) is 3.28. The van der Waals surface area contributed by atoms with Crippen LogP contribution in [0.25, 0.3) is 0 Å². The standard InChI is InChI=1S/C11H15N5OS/c1-4-8-5-18-11(12-8)14-10(17)13-9-6(2)15-16-7(9)3/h5H,4H2,1-3H3,(H,15,16)(H2,12,13,14,17). The molecule has 18 heavy (non-hydrogen) atoms. The first-order valence-electron chi connectivity index (χ1n) is 5.64. The van der Waals surface area contributed by atoms with E-state index in [1.54, 1.807) is 0 Å². The van der Waals surface area contributed by atoms with Crippen molar-refractivity contribution in [1.82, 2.24) is 15.2 Å². The highest BCUT2D eigenvalue weighted by atomic mass is 32.1. The zero-order chi connectivity index (χ0) is 13.1. The highest BCUT2D eigenvalue weighted by Crippen LogP contribution is 2.18. The molecule has 0 aliphatic rings. The molecule has 2 amide bonds. The molecule has 0 aliphatic carbocycles. The monoisotopic (exact) mass is 265 g/mol. The molecule has 0 aromatic carbocycles. The molecule has 0 bridgehead atoms. The van der Waals surface area contributed by atoms with Gasteiger partial charge in [0.15, 0.2) is 5.13 Å². The average molecular weight is 265 g/mol. The third-order valence-corrected chi connectivity index (χ3v) is 3.31. The quantitative estimate of drug-likeness (QED) is 0.798. The number of rotatable bonds is 3. The summed E-state index contributed by atoms with van der Waals surface area (Å²) in [6.07, 6.45) is 0.861. The number of hydrogen-bond acceptors (Lipinski definition) is 4. The summed E-state index contributed by atoms with van der Waals surface area (Å²) in [7, 11) is 0.